The summed E-state index contributed by atoms with van der Waals surface area (Å²) in [5.41, 5.74) is 15.1. The van der Waals surface area contributed by atoms with Crippen molar-refractivity contribution in [1.82, 2.24) is 4.98 Å². The molecule has 2 heteroatoms. The van der Waals surface area contributed by atoms with Crippen LogP contribution in [0.15, 0.2) is 176 Å². The van der Waals surface area contributed by atoms with Crippen molar-refractivity contribution in [3.05, 3.63) is 187 Å². The average Bonchev–Trinajstić information content (AvgIpc) is 3.74. The number of hydrogen-bond acceptors (Lipinski definition) is 2. The maximum absolute atomic E-state index is 4.71. The predicted octanol–water partition coefficient (Wildman–Crippen LogP) is 14.6. The average molecular weight is 692 g/mol. The summed E-state index contributed by atoms with van der Waals surface area (Å²) in [7, 11) is 0. The molecule has 0 amide bonds. The lowest BCUT2D eigenvalue weighted by Gasteiger charge is -2.20. The van der Waals surface area contributed by atoms with Crippen molar-refractivity contribution < 1.29 is 0 Å². The Hall–Kier alpha value is -6.35. The third-order valence-corrected chi connectivity index (χ3v) is 12.6. The molecule has 1 atom stereocenters. The van der Waals surface area contributed by atoms with Gasteiger partial charge in [-0.15, -0.1) is 11.3 Å². The first-order valence-electron chi connectivity index (χ1n) is 18.4. The van der Waals surface area contributed by atoms with Gasteiger partial charge in [-0.1, -0.05) is 134 Å². The van der Waals surface area contributed by atoms with Crippen LogP contribution in [0.2, 0.25) is 0 Å². The van der Waals surface area contributed by atoms with Gasteiger partial charge in [0, 0.05) is 37.9 Å². The van der Waals surface area contributed by atoms with Crippen LogP contribution in [-0.4, -0.2) is 4.98 Å². The molecule has 0 spiro atoms. The molecule has 1 aliphatic rings. The van der Waals surface area contributed by atoms with Crippen molar-refractivity contribution in [2.24, 2.45) is 0 Å². The Labute approximate surface area is 312 Å². The molecule has 0 aliphatic heterocycles. The third-order valence-electron chi connectivity index (χ3n) is 11.4. The topological polar surface area (TPSA) is 12.9 Å². The lowest BCUT2D eigenvalue weighted by Crippen LogP contribution is -1.95. The molecule has 1 unspecified atom stereocenters. The smallest absolute Gasteiger partial charge is 0.0702 e. The third kappa shape index (κ3) is 4.66. The van der Waals surface area contributed by atoms with Crippen LogP contribution in [0.25, 0.3) is 97.5 Å². The minimum absolute atomic E-state index is 0.318. The van der Waals surface area contributed by atoms with Crippen LogP contribution in [0, 0.1) is 0 Å². The Morgan fingerprint density at radius 1 is 0.415 bits per heavy atom. The monoisotopic (exact) mass is 691 g/mol. The zero-order chi connectivity index (χ0) is 35.0. The molecule has 0 N–H and O–H groups in total. The molecule has 0 radical (unpaired) electrons. The van der Waals surface area contributed by atoms with Crippen molar-refractivity contribution in [3.63, 3.8) is 0 Å². The Morgan fingerprint density at radius 2 is 1.02 bits per heavy atom. The summed E-state index contributed by atoms with van der Waals surface area (Å²) in [4.78, 5) is 4.71. The van der Waals surface area contributed by atoms with Crippen molar-refractivity contribution in [1.29, 1.82) is 0 Å². The molecule has 0 bridgehead atoms. The SMILES string of the molecule is CC1c2ccccc2-c2cc3c(-c4cccc(-c5cccc6c5sc5ccccc56)c4)c4ccccc4c(-c4cccc(-c5ccccn5)c4)c3cc21. The van der Waals surface area contributed by atoms with Gasteiger partial charge in [-0.05, 0) is 120 Å². The Bertz CT molecular complexity index is 3080. The first-order valence-corrected chi connectivity index (χ1v) is 19.2. The van der Waals surface area contributed by atoms with E-state index in [0.29, 0.717) is 5.92 Å². The van der Waals surface area contributed by atoms with Crippen LogP contribution in [0.4, 0.5) is 0 Å². The minimum atomic E-state index is 0.318. The molecule has 53 heavy (non-hydrogen) atoms. The van der Waals surface area contributed by atoms with Gasteiger partial charge in [0.15, 0.2) is 0 Å². The number of fused-ring (bicyclic) bond motifs is 8. The minimum Gasteiger partial charge on any atom is -0.256 e. The first kappa shape index (κ1) is 30.3. The molecule has 2 heterocycles. The summed E-state index contributed by atoms with van der Waals surface area (Å²) >= 11 is 1.89. The van der Waals surface area contributed by atoms with E-state index in [0.717, 1.165) is 11.3 Å². The zero-order valence-corrected chi connectivity index (χ0v) is 30.0. The number of benzene rings is 8. The molecule has 0 saturated heterocycles. The van der Waals surface area contributed by atoms with E-state index in [9.17, 15) is 0 Å². The fraction of sp³-hybridized carbons (Fsp3) is 0.0392. The number of hydrogen-bond donors (Lipinski definition) is 0. The molecule has 2 aromatic heterocycles. The molecular formula is C51H33NS. The predicted molar refractivity (Wildman–Crippen MR) is 227 cm³/mol. The van der Waals surface area contributed by atoms with Crippen molar-refractivity contribution >= 4 is 53.1 Å². The number of pyridine rings is 1. The lowest BCUT2D eigenvalue weighted by molar-refractivity contribution is 0.959. The van der Waals surface area contributed by atoms with E-state index in [1.165, 1.54) is 97.4 Å². The first-order chi connectivity index (χ1) is 26.2. The summed E-state index contributed by atoms with van der Waals surface area (Å²) in [5, 5.41) is 7.73. The number of aromatic nitrogens is 1. The number of rotatable bonds is 4. The van der Waals surface area contributed by atoms with Crippen LogP contribution in [0.5, 0.6) is 0 Å². The van der Waals surface area contributed by atoms with E-state index >= 15 is 0 Å². The number of nitrogens with zero attached hydrogens (tertiary/aromatic N) is 1. The molecule has 11 rings (SSSR count). The van der Waals surface area contributed by atoms with Gasteiger partial charge in [0.25, 0.3) is 0 Å². The van der Waals surface area contributed by atoms with Crippen molar-refractivity contribution in [2.45, 2.75) is 12.8 Å². The van der Waals surface area contributed by atoms with Crippen LogP contribution in [-0.2, 0) is 0 Å². The molecular weight excluding hydrogens is 659 g/mol. The fourth-order valence-electron chi connectivity index (χ4n) is 8.92. The van der Waals surface area contributed by atoms with Crippen molar-refractivity contribution in [3.8, 4) is 55.8 Å². The highest BCUT2D eigenvalue weighted by molar-refractivity contribution is 7.26. The van der Waals surface area contributed by atoms with Gasteiger partial charge in [-0.3, -0.25) is 4.98 Å². The maximum atomic E-state index is 4.71. The number of thiophene rings is 1. The van der Waals surface area contributed by atoms with Crippen LogP contribution in [0.1, 0.15) is 24.0 Å². The van der Waals surface area contributed by atoms with Crippen LogP contribution in [0.3, 0.4) is 0 Å². The summed E-state index contributed by atoms with van der Waals surface area (Å²) in [5.74, 6) is 0.318. The second-order valence-electron chi connectivity index (χ2n) is 14.2. The highest BCUT2D eigenvalue weighted by Crippen LogP contribution is 2.51. The second kappa shape index (κ2) is 11.8. The maximum Gasteiger partial charge on any atom is 0.0702 e. The van der Waals surface area contributed by atoms with E-state index in [1.807, 2.05) is 23.6 Å². The van der Waals surface area contributed by atoms with Gasteiger partial charge < -0.3 is 0 Å². The normalized spacial score (nSPS) is 13.6. The van der Waals surface area contributed by atoms with Gasteiger partial charge in [0.1, 0.15) is 0 Å². The summed E-state index contributed by atoms with van der Waals surface area (Å²) in [6.45, 7) is 2.36. The van der Waals surface area contributed by atoms with Crippen molar-refractivity contribution in [2.75, 3.05) is 0 Å². The summed E-state index contributed by atoms with van der Waals surface area (Å²) < 4.78 is 2.67. The van der Waals surface area contributed by atoms with Gasteiger partial charge in [-0.2, -0.15) is 0 Å². The molecule has 0 fully saturated rings. The molecule has 1 nitrogen and oxygen atoms in total. The molecule has 248 valence electrons. The van der Waals surface area contributed by atoms with Gasteiger partial charge >= 0.3 is 0 Å². The molecule has 10 aromatic rings. The molecule has 8 aromatic carbocycles. The Kier molecular flexibility index (Phi) is 6.77. The second-order valence-corrected chi connectivity index (χ2v) is 15.3. The summed E-state index contributed by atoms with van der Waals surface area (Å²) in [6, 6.07) is 62.8. The van der Waals surface area contributed by atoms with E-state index in [4.69, 9.17) is 4.98 Å². The standard InChI is InChI=1S/C51H33NS/c1-31-36-17-2-3-18-38(36)44-30-46-45(29-43(31)44)50(35-16-11-14-33(28-35)47-24-8-9-26-52-47)41-21-5-4-20-40(41)49(46)34-15-10-13-32(27-34)37-22-12-23-42-39-19-6-7-25-48(39)53-51(37)42/h2-31H,1H3. The highest BCUT2D eigenvalue weighted by Gasteiger charge is 2.28. The van der Waals surface area contributed by atoms with Gasteiger partial charge in [0.2, 0.25) is 0 Å². The van der Waals surface area contributed by atoms with Gasteiger partial charge in [0.05, 0.1) is 5.69 Å². The molecule has 0 saturated carbocycles. The van der Waals surface area contributed by atoms with Crippen LogP contribution >= 0.6 is 11.3 Å². The van der Waals surface area contributed by atoms with E-state index < -0.39 is 0 Å². The quantitative estimate of drug-likeness (QED) is 0.167. The Morgan fingerprint density at radius 3 is 1.81 bits per heavy atom. The largest absolute Gasteiger partial charge is 0.256 e. The van der Waals surface area contributed by atoms with Crippen LogP contribution < -0.4 is 0 Å². The fourth-order valence-corrected chi connectivity index (χ4v) is 10.2. The van der Waals surface area contributed by atoms with Gasteiger partial charge in [-0.25, -0.2) is 0 Å². The van der Waals surface area contributed by atoms with E-state index in [1.54, 1.807) is 0 Å². The van der Waals surface area contributed by atoms with E-state index in [2.05, 4.69) is 171 Å². The lowest BCUT2D eigenvalue weighted by atomic mass is 9.83. The molecule has 1 aliphatic carbocycles. The summed E-state index contributed by atoms with van der Waals surface area (Å²) in [6.07, 6.45) is 1.87. The Balaban J connectivity index is 1.21. The van der Waals surface area contributed by atoms with E-state index in [-0.39, 0.29) is 0 Å². The highest BCUT2D eigenvalue weighted by atomic mass is 32.1. The zero-order valence-electron chi connectivity index (χ0n) is 29.2.